The topological polar surface area (TPSA) is 81.4 Å². The van der Waals surface area contributed by atoms with E-state index in [0.717, 1.165) is 6.42 Å². The predicted octanol–water partition coefficient (Wildman–Crippen LogP) is 2.65. The van der Waals surface area contributed by atoms with Crippen molar-refractivity contribution >= 4 is 17.3 Å². The Bertz CT molecular complexity index is 763. The molecule has 1 saturated carbocycles. The number of thiophene rings is 1. The molecule has 0 atom stereocenters. The molecule has 122 valence electrons. The maximum Gasteiger partial charge on any atom is 0.347 e. The van der Waals surface area contributed by atoms with Gasteiger partial charge in [0.2, 0.25) is 0 Å². The maximum absolute atomic E-state index is 12.5. The van der Waals surface area contributed by atoms with E-state index < -0.39 is 17.3 Å². The molecule has 7 heteroatoms. The lowest BCUT2D eigenvalue weighted by Crippen LogP contribution is -2.30. The molecule has 2 aromatic rings. The van der Waals surface area contributed by atoms with Gasteiger partial charge in [0.25, 0.3) is 5.56 Å². The molecule has 3 rings (SSSR count). The summed E-state index contributed by atoms with van der Waals surface area (Å²) < 4.78 is 6.19. The van der Waals surface area contributed by atoms with Gasteiger partial charge in [-0.1, -0.05) is 12.8 Å². The Hall–Kier alpha value is -2.15. The number of carbonyl (C=O) groups is 1. The second-order valence-corrected chi connectivity index (χ2v) is 6.35. The molecule has 0 saturated heterocycles. The molecule has 6 nitrogen and oxygen atoms in total. The molecule has 1 aliphatic carbocycles. The average Bonchev–Trinajstić information content (AvgIpc) is 3.19. The van der Waals surface area contributed by atoms with Gasteiger partial charge >= 0.3 is 5.97 Å². The zero-order valence-electron chi connectivity index (χ0n) is 12.8. The quantitative estimate of drug-likeness (QED) is 0.821. The Balaban J connectivity index is 2.08. The molecule has 2 heterocycles. The second kappa shape index (κ2) is 6.54. The molecular formula is C16H18N2O4S. The van der Waals surface area contributed by atoms with E-state index in [4.69, 9.17) is 4.74 Å². The van der Waals surface area contributed by atoms with Gasteiger partial charge < -0.3 is 9.84 Å². The molecule has 1 N–H and O–H groups in total. The lowest BCUT2D eigenvalue weighted by Gasteiger charge is -2.12. The molecule has 23 heavy (non-hydrogen) atoms. The van der Waals surface area contributed by atoms with Crippen LogP contribution < -0.4 is 5.56 Å². The van der Waals surface area contributed by atoms with Crippen molar-refractivity contribution in [1.29, 1.82) is 0 Å². The number of esters is 1. The summed E-state index contributed by atoms with van der Waals surface area (Å²) >= 11 is 1.45. The van der Waals surface area contributed by atoms with Crippen molar-refractivity contribution in [2.75, 3.05) is 6.61 Å². The monoisotopic (exact) mass is 334 g/mol. The molecule has 0 aliphatic heterocycles. The third-order valence-corrected chi connectivity index (χ3v) is 4.53. The lowest BCUT2D eigenvalue weighted by molar-refractivity contribution is 0.0519. The normalized spacial score (nSPS) is 14.0. The zero-order chi connectivity index (χ0) is 16.4. The molecule has 2 aromatic heterocycles. The van der Waals surface area contributed by atoms with E-state index in [1.807, 2.05) is 10.8 Å². The van der Waals surface area contributed by atoms with E-state index in [9.17, 15) is 14.7 Å². The highest BCUT2D eigenvalue weighted by molar-refractivity contribution is 7.08. The largest absolute Gasteiger partial charge is 0.505 e. The number of hydrogen-bond donors (Lipinski definition) is 1. The van der Waals surface area contributed by atoms with Crippen LogP contribution in [-0.2, 0) is 11.3 Å². The van der Waals surface area contributed by atoms with E-state index >= 15 is 0 Å². The minimum atomic E-state index is -0.811. The third kappa shape index (κ3) is 3.29. The summed E-state index contributed by atoms with van der Waals surface area (Å²) in [5.74, 6) is -0.586. The number of carbonyl (C=O) groups excluding carboxylic acids is 1. The Morgan fingerprint density at radius 2 is 2.30 bits per heavy atom. The number of aromatic hydroxyl groups is 1. The Morgan fingerprint density at radius 3 is 2.91 bits per heavy atom. The van der Waals surface area contributed by atoms with Crippen LogP contribution in [0.15, 0.2) is 21.6 Å². The fourth-order valence-electron chi connectivity index (χ4n) is 2.41. The molecular weight excluding hydrogens is 316 g/mol. The van der Waals surface area contributed by atoms with E-state index in [1.54, 1.807) is 13.0 Å². The van der Waals surface area contributed by atoms with E-state index in [-0.39, 0.29) is 17.9 Å². The van der Waals surface area contributed by atoms with Gasteiger partial charge in [-0.15, -0.1) is 0 Å². The Labute approximate surface area is 137 Å². The van der Waals surface area contributed by atoms with Crippen LogP contribution in [0.25, 0.3) is 11.3 Å². The summed E-state index contributed by atoms with van der Waals surface area (Å²) in [4.78, 5) is 24.6. The van der Waals surface area contributed by atoms with Gasteiger partial charge in [-0.2, -0.15) is 16.4 Å². The minimum Gasteiger partial charge on any atom is -0.505 e. The number of nitrogens with zero attached hydrogens (tertiary/aromatic N) is 2. The van der Waals surface area contributed by atoms with Crippen LogP contribution in [0.1, 0.15) is 36.5 Å². The number of ether oxygens (including phenoxy) is 1. The Morgan fingerprint density at radius 1 is 1.52 bits per heavy atom. The van der Waals surface area contributed by atoms with Gasteiger partial charge in [-0.25, -0.2) is 9.48 Å². The number of aryl methyl sites for hydroxylation is 1. The van der Waals surface area contributed by atoms with Crippen molar-refractivity contribution in [3.8, 4) is 17.0 Å². The maximum atomic E-state index is 12.5. The highest BCUT2D eigenvalue weighted by atomic mass is 32.1. The molecule has 0 bridgehead atoms. The van der Waals surface area contributed by atoms with Gasteiger partial charge in [0.15, 0.2) is 11.3 Å². The van der Waals surface area contributed by atoms with Gasteiger partial charge in [0.05, 0.1) is 6.61 Å². The van der Waals surface area contributed by atoms with Crippen LogP contribution in [0.4, 0.5) is 0 Å². The molecule has 0 aromatic carbocycles. The van der Waals surface area contributed by atoms with Gasteiger partial charge in [0.1, 0.15) is 5.69 Å². The minimum absolute atomic E-state index is 0.135. The van der Waals surface area contributed by atoms with Crippen LogP contribution >= 0.6 is 11.3 Å². The standard InChI is InChI=1S/C16H18N2O4S/c1-2-22-16(21)12-14(19)13(11-6-8-23-9-11)17-18(15(12)20)7-5-10-3-4-10/h6,8-10,19H,2-5,7H2,1H3. The van der Waals surface area contributed by atoms with Gasteiger partial charge in [-0.05, 0) is 30.7 Å². The van der Waals surface area contributed by atoms with Crippen LogP contribution in [0.3, 0.4) is 0 Å². The second-order valence-electron chi connectivity index (χ2n) is 5.57. The predicted molar refractivity (Wildman–Crippen MR) is 86.8 cm³/mol. The van der Waals surface area contributed by atoms with E-state index in [2.05, 4.69) is 5.10 Å². The first kappa shape index (κ1) is 15.7. The van der Waals surface area contributed by atoms with Crippen molar-refractivity contribution in [2.24, 2.45) is 5.92 Å². The van der Waals surface area contributed by atoms with Crippen molar-refractivity contribution in [3.63, 3.8) is 0 Å². The smallest absolute Gasteiger partial charge is 0.347 e. The molecule has 1 aliphatic rings. The highest BCUT2D eigenvalue weighted by Crippen LogP contribution is 2.33. The first-order valence-corrected chi connectivity index (χ1v) is 8.59. The van der Waals surface area contributed by atoms with Crippen molar-refractivity contribution in [1.82, 2.24) is 9.78 Å². The average molecular weight is 334 g/mol. The molecule has 1 fully saturated rings. The fraction of sp³-hybridized carbons (Fsp3) is 0.438. The lowest BCUT2D eigenvalue weighted by atomic mass is 10.1. The molecule has 0 radical (unpaired) electrons. The van der Waals surface area contributed by atoms with Crippen molar-refractivity contribution < 1.29 is 14.6 Å². The summed E-state index contributed by atoms with van der Waals surface area (Å²) in [5, 5.41) is 18.3. The zero-order valence-corrected chi connectivity index (χ0v) is 13.6. The summed E-state index contributed by atoms with van der Waals surface area (Å²) in [6, 6.07) is 1.79. The van der Waals surface area contributed by atoms with Crippen LogP contribution in [0.2, 0.25) is 0 Å². The van der Waals surface area contributed by atoms with Crippen LogP contribution in [-0.4, -0.2) is 27.5 Å². The SMILES string of the molecule is CCOC(=O)c1c(O)c(-c2ccsc2)nn(CCC2CC2)c1=O. The van der Waals surface area contributed by atoms with E-state index in [1.165, 1.54) is 28.9 Å². The van der Waals surface area contributed by atoms with E-state index in [0.29, 0.717) is 18.0 Å². The number of hydrogen-bond acceptors (Lipinski definition) is 6. The molecule has 0 spiro atoms. The summed E-state index contributed by atoms with van der Waals surface area (Å²) in [6.45, 7) is 2.23. The van der Waals surface area contributed by atoms with Gasteiger partial charge in [-0.3, -0.25) is 4.79 Å². The van der Waals surface area contributed by atoms with Crippen molar-refractivity contribution in [2.45, 2.75) is 32.7 Å². The summed E-state index contributed by atoms with van der Waals surface area (Å²) in [7, 11) is 0. The van der Waals surface area contributed by atoms with Gasteiger partial charge in [0, 0.05) is 17.5 Å². The molecule has 0 amide bonds. The van der Waals surface area contributed by atoms with Crippen LogP contribution in [0.5, 0.6) is 5.75 Å². The first-order valence-electron chi connectivity index (χ1n) is 7.65. The van der Waals surface area contributed by atoms with Crippen molar-refractivity contribution in [3.05, 3.63) is 32.7 Å². The first-order chi connectivity index (χ1) is 11.1. The van der Waals surface area contributed by atoms with Crippen LogP contribution in [0, 0.1) is 5.92 Å². The number of rotatable bonds is 6. The summed E-state index contributed by atoms with van der Waals surface area (Å²) in [5.41, 5.74) is -0.0117. The molecule has 0 unspecified atom stereocenters. The Kier molecular flexibility index (Phi) is 4.47. The highest BCUT2D eigenvalue weighted by Gasteiger charge is 2.26. The fourth-order valence-corrected chi connectivity index (χ4v) is 3.05. The number of aromatic nitrogens is 2. The summed E-state index contributed by atoms with van der Waals surface area (Å²) in [6.07, 6.45) is 3.20. The third-order valence-electron chi connectivity index (χ3n) is 3.85.